The number of hydrogen-bond acceptors (Lipinski definition) is 3. The molecule has 1 amide bonds. The van der Waals surface area contributed by atoms with Gasteiger partial charge in [-0.1, -0.05) is 31.4 Å². The van der Waals surface area contributed by atoms with Gasteiger partial charge in [0.2, 0.25) is 5.43 Å². The molecule has 6 heteroatoms. The highest BCUT2D eigenvalue weighted by molar-refractivity contribution is 5.95. The summed E-state index contributed by atoms with van der Waals surface area (Å²) >= 11 is 0. The number of para-hydroxylation sites is 1. The number of halogens is 1. The maximum Gasteiger partial charge on any atom is 0.276 e. The lowest BCUT2D eigenvalue weighted by Crippen LogP contribution is -2.39. The highest BCUT2D eigenvalue weighted by Crippen LogP contribution is 2.19. The summed E-state index contributed by atoms with van der Waals surface area (Å²) in [6.07, 6.45) is 5.18. The van der Waals surface area contributed by atoms with Gasteiger partial charge in [-0.25, -0.2) is 9.07 Å². The Morgan fingerprint density at radius 2 is 1.74 bits per heavy atom. The van der Waals surface area contributed by atoms with Gasteiger partial charge in [-0.3, -0.25) is 9.59 Å². The molecule has 0 saturated heterocycles. The second kappa shape index (κ2) is 7.31. The third-order valence-corrected chi connectivity index (χ3v) is 5.02. The molecule has 1 N–H and O–H groups in total. The standard InChI is InChI=1S/C21H20FN3O2/c22-14-10-12-16(13-11-14)25-18-9-5-4-8-17(18)20(26)19(24-25)21(27)23-15-6-2-1-3-7-15/h4-5,8-13,15H,1-3,6-7H2,(H,23,27). The molecule has 0 aliphatic heterocycles. The molecule has 1 fully saturated rings. The summed E-state index contributed by atoms with van der Waals surface area (Å²) in [7, 11) is 0. The molecule has 1 aliphatic rings. The lowest BCUT2D eigenvalue weighted by Gasteiger charge is -2.22. The van der Waals surface area contributed by atoms with Crippen molar-refractivity contribution in [2.75, 3.05) is 0 Å². The Hall–Kier alpha value is -3.02. The number of benzene rings is 2. The topological polar surface area (TPSA) is 64.0 Å². The van der Waals surface area contributed by atoms with E-state index in [-0.39, 0.29) is 17.6 Å². The lowest BCUT2D eigenvalue weighted by molar-refractivity contribution is 0.0920. The number of carbonyl (C=O) groups is 1. The first-order valence-electron chi connectivity index (χ1n) is 9.22. The Morgan fingerprint density at radius 1 is 1.04 bits per heavy atom. The molecule has 0 unspecified atom stereocenters. The number of carbonyl (C=O) groups excluding carboxylic acids is 1. The third-order valence-electron chi connectivity index (χ3n) is 5.02. The molecule has 138 valence electrons. The predicted molar refractivity (Wildman–Crippen MR) is 102 cm³/mol. The number of hydrogen-bond donors (Lipinski definition) is 1. The van der Waals surface area contributed by atoms with Crippen LogP contribution in [0, 0.1) is 5.82 Å². The summed E-state index contributed by atoms with van der Waals surface area (Å²) in [4.78, 5) is 25.6. The van der Waals surface area contributed by atoms with Crippen LogP contribution in [0.25, 0.3) is 16.6 Å². The highest BCUT2D eigenvalue weighted by atomic mass is 19.1. The van der Waals surface area contributed by atoms with Crippen LogP contribution >= 0.6 is 0 Å². The fourth-order valence-electron chi connectivity index (χ4n) is 3.61. The van der Waals surface area contributed by atoms with E-state index < -0.39 is 11.3 Å². The van der Waals surface area contributed by atoms with E-state index in [4.69, 9.17) is 0 Å². The fraction of sp³-hybridized carbons (Fsp3) is 0.286. The van der Waals surface area contributed by atoms with Crippen molar-refractivity contribution in [2.45, 2.75) is 38.1 Å². The van der Waals surface area contributed by atoms with Gasteiger partial charge in [-0.2, -0.15) is 5.10 Å². The van der Waals surface area contributed by atoms with E-state index >= 15 is 0 Å². The molecule has 0 atom stereocenters. The predicted octanol–water partition coefficient (Wildman–Crippen LogP) is 3.59. The molecule has 3 aromatic rings. The zero-order valence-electron chi connectivity index (χ0n) is 14.8. The maximum atomic E-state index is 13.3. The van der Waals surface area contributed by atoms with Crippen LogP contribution in [0.5, 0.6) is 0 Å². The van der Waals surface area contributed by atoms with Gasteiger partial charge < -0.3 is 5.32 Å². The normalized spacial score (nSPS) is 15.0. The fourth-order valence-corrected chi connectivity index (χ4v) is 3.61. The smallest absolute Gasteiger partial charge is 0.276 e. The number of aromatic nitrogens is 2. The molecule has 1 aromatic heterocycles. The molecular formula is C21H20FN3O2. The number of nitrogens with one attached hydrogen (secondary N) is 1. The van der Waals surface area contributed by atoms with Gasteiger partial charge in [0.25, 0.3) is 5.91 Å². The molecule has 4 rings (SSSR count). The largest absolute Gasteiger partial charge is 0.348 e. The minimum absolute atomic E-state index is 0.0817. The molecule has 1 saturated carbocycles. The van der Waals surface area contributed by atoms with Crippen LogP contribution in [0.15, 0.2) is 53.3 Å². The summed E-state index contributed by atoms with van der Waals surface area (Å²) in [6, 6.07) is 12.9. The minimum atomic E-state index is -0.450. The number of nitrogens with zero attached hydrogens (tertiary/aromatic N) is 2. The first-order valence-corrected chi connectivity index (χ1v) is 9.22. The molecule has 5 nitrogen and oxygen atoms in total. The van der Waals surface area contributed by atoms with E-state index in [2.05, 4.69) is 10.4 Å². The van der Waals surface area contributed by atoms with Gasteiger partial charge in [-0.15, -0.1) is 0 Å². The van der Waals surface area contributed by atoms with Crippen LogP contribution in [0.4, 0.5) is 4.39 Å². The highest BCUT2D eigenvalue weighted by Gasteiger charge is 2.22. The third kappa shape index (κ3) is 3.47. The lowest BCUT2D eigenvalue weighted by atomic mass is 9.95. The van der Waals surface area contributed by atoms with Crippen molar-refractivity contribution in [3.05, 3.63) is 70.3 Å². The van der Waals surface area contributed by atoms with Crippen LogP contribution < -0.4 is 10.7 Å². The Kier molecular flexibility index (Phi) is 4.71. The Labute approximate surface area is 155 Å². The number of amides is 1. The summed E-state index contributed by atoms with van der Waals surface area (Å²) in [5.41, 5.74) is 0.628. The van der Waals surface area contributed by atoms with E-state index in [0.29, 0.717) is 16.6 Å². The van der Waals surface area contributed by atoms with Crippen molar-refractivity contribution in [1.82, 2.24) is 15.1 Å². The van der Waals surface area contributed by atoms with Crippen LogP contribution in [-0.4, -0.2) is 21.7 Å². The van der Waals surface area contributed by atoms with E-state index in [1.807, 2.05) is 0 Å². The van der Waals surface area contributed by atoms with Crippen molar-refractivity contribution in [2.24, 2.45) is 0 Å². The summed E-state index contributed by atoms with van der Waals surface area (Å²) in [5, 5.41) is 7.70. The first kappa shape index (κ1) is 17.4. The first-order chi connectivity index (χ1) is 13.1. The Balaban J connectivity index is 1.81. The van der Waals surface area contributed by atoms with Crippen LogP contribution in [-0.2, 0) is 0 Å². The van der Waals surface area contributed by atoms with Gasteiger partial charge in [-0.05, 0) is 49.2 Å². The average molecular weight is 365 g/mol. The molecule has 1 heterocycles. The van der Waals surface area contributed by atoms with Crippen molar-refractivity contribution in [1.29, 1.82) is 0 Å². The molecule has 2 aromatic carbocycles. The quantitative estimate of drug-likeness (QED) is 0.771. The second-order valence-electron chi connectivity index (χ2n) is 6.89. The van der Waals surface area contributed by atoms with Crippen LogP contribution in [0.1, 0.15) is 42.6 Å². The van der Waals surface area contributed by atoms with Crippen molar-refractivity contribution < 1.29 is 9.18 Å². The number of fused-ring (bicyclic) bond motifs is 1. The Morgan fingerprint density at radius 3 is 2.48 bits per heavy atom. The van der Waals surface area contributed by atoms with E-state index in [9.17, 15) is 14.0 Å². The van der Waals surface area contributed by atoms with Crippen molar-refractivity contribution in [3.8, 4) is 5.69 Å². The zero-order chi connectivity index (χ0) is 18.8. The van der Waals surface area contributed by atoms with Gasteiger partial charge in [0, 0.05) is 6.04 Å². The minimum Gasteiger partial charge on any atom is -0.348 e. The molecule has 0 bridgehead atoms. The molecule has 0 spiro atoms. The van der Waals surface area contributed by atoms with E-state index in [1.54, 1.807) is 36.4 Å². The van der Waals surface area contributed by atoms with Gasteiger partial charge in [0.05, 0.1) is 16.6 Å². The van der Waals surface area contributed by atoms with E-state index in [0.717, 1.165) is 25.7 Å². The summed E-state index contributed by atoms with van der Waals surface area (Å²) < 4.78 is 14.8. The second-order valence-corrected chi connectivity index (χ2v) is 6.89. The van der Waals surface area contributed by atoms with E-state index in [1.165, 1.54) is 23.2 Å². The molecule has 27 heavy (non-hydrogen) atoms. The summed E-state index contributed by atoms with van der Waals surface area (Å²) in [6.45, 7) is 0. The monoisotopic (exact) mass is 365 g/mol. The zero-order valence-corrected chi connectivity index (χ0v) is 14.8. The SMILES string of the molecule is O=C(NC1CCCCC1)c1nn(-c2ccc(F)cc2)c2ccccc2c1=O. The average Bonchev–Trinajstić information content (AvgIpc) is 2.70. The van der Waals surface area contributed by atoms with Gasteiger partial charge in [0.15, 0.2) is 5.69 Å². The van der Waals surface area contributed by atoms with Crippen molar-refractivity contribution >= 4 is 16.8 Å². The number of rotatable bonds is 3. The van der Waals surface area contributed by atoms with Crippen LogP contribution in [0.3, 0.4) is 0 Å². The van der Waals surface area contributed by atoms with Crippen molar-refractivity contribution in [3.63, 3.8) is 0 Å². The maximum absolute atomic E-state index is 13.3. The molecule has 0 radical (unpaired) electrons. The van der Waals surface area contributed by atoms with Gasteiger partial charge in [0.1, 0.15) is 5.82 Å². The van der Waals surface area contributed by atoms with Gasteiger partial charge >= 0.3 is 0 Å². The molecule has 1 aliphatic carbocycles. The summed E-state index contributed by atoms with van der Waals surface area (Å²) in [5.74, 6) is -0.812. The Bertz CT molecular complexity index is 1040. The molecular weight excluding hydrogens is 345 g/mol. The van der Waals surface area contributed by atoms with Crippen LogP contribution in [0.2, 0.25) is 0 Å².